The molecule has 4 heterocycles. The number of fused-ring (bicyclic) bond motifs is 1. The van der Waals surface area contributed by atoms with Gasteiger partial charge >= 0.3 is 5.97 Å². The third-order valence-electron chi connectivity index (χ3n) is 6.93. The maximum absolute atomic E-state index is 13.8. The molecular formula is C28H31N3O5S. The summed E-state index contributed by atoms with van der Waals surface area (Å²) in [5.74, 6) is 2.23. The number of hydrogen-bond donors (Lipinski definition) is 0. The van der Waals surface area contributed by atoms with E-state index in [1.807, 2.05) is 36.4 Å². The summed E-state index contributed by atoms with van der Waals surface area (Å²) in [6, 6.07) is 10.5. The number of furan rings is 1. The third-order valence-corrected chi connectivity index (χ3v) is 7.91. The van der Waals surface area contributed by atoms with Gasteiger partial charge in [-0.25, -0.2) is 9.79 Å². The van der Waals surface area contributed by atoms with Gasteiger partial charge in [-0.05, 0) is 44.7 Å². The molecule has 0 bridgehead atoms. The number of anilines is 1. The number of ether oxygens (including phenoxy) is 2. The van der Waals surface area contributed by atoms with Gasteiger partial charge in [-0.1, -0.05) is 36.5 Å². The lowest BCUT2D eigenvalue weighted by molar-refractivity contribution is -0.139. The Kier molecular flexibility index (Phi) is 7.06. The number of allylic oxidation sites excluding steroid dienone is 1. The van der Waals surface area contributed by atoms with E-state index in [0.717, 1.165) is 37.7 Å². The average molecular weight is 522 g/mol. The van der Waals surface area contributed by atoms with Gasteiger partial charge in [-0.3, -0.25) is 9.36 Å². The summed E-state index contributed by atoms with van der Waals surface area (Å²) in [6.45, 7) is 7.94. The highest BCUT2D eigenvalue weighted by molar-refractivity contribution is 7.07. The lowest BCUT2D eigenvalue weighted by Crippen LogP contribution is -2.40. The van der Waals surface area contributed by atoms with Crippen molar-refractivity contribution in [1.29, 1.82) is 0 Å². The van der Waals surface area contributed by atoms with Gasteiger partial charge in [0.05, 0.1) is 29.5 Å². The minimum absolute atomic E-state index is 0.218. The van der Waals surface area contributed by atoms with E-state index >= 15 is 0 Å². The van der Waals surface area contributed by atoms with Crippen LogP contribution in [0.25, 0.3) is 6.08 Å². The highest BCUT2D eigenvalue weighted by Gasteiger charge is 2.35. The van der Waals surface area contributed by atoms with Crippen LogP contribution < -0.4 is 24.5 Å². The molecule has 0 aliphatic carbocycles. The molecule has 2 aliphatic heterocycles. The predicted molar refractivity (Wildman–Crippen MR) is 143 cm³/mol. The van der Waals surface area contributed by atoms with Crippen LogP contribution in [0.3, 0.4) is 0 Å². The summed E-state index contributed by atoms with van der Waals surface area (Å²) >= 11 is 1.27. The Bertz CT molecular complexity index is 1520. The molecule has 0 spiro atoms. The second-order valence-electron chi connectivity index (χ2n) is 9.39. The molecule has 0 saturated carbocycles. The Morgan fingerprint density at radius 1 is 1.22 bits per heavy atom. The molecule has 2 aliphatic rings. The van der Waals surface area contributed by atoms with E-state index in [1.54, 1.807) is 31.6 Å². The number of benzene rings is 1. The molecule has 194 valence electrons. The number of hydrogen-bond acceptors (Lipinski definition) is 8. The molecule has 1 saturated heterocycles. The highest BCUT2D eigenvalue weighted by Crippen LogP contribution is 2.35. The lowest BCUT2D eigenvalue weighted by atomic mass is 9.95. The molecule has 0 unspecified atom stereocenters. The van der Waals surface area contributed by atoms with Crippen molar-refractivity contribution in [2.75, 3.05) is 31.7 Å². The highest BCUT2D eigenvalue weighted by atomic mass is 32.1. The smallest absolute Gasteiger partial charge is 0.338 e. The van der Waals surface area contributed by atoms with Crippen molar-refractivity contribution in [1.82, 2.24) is 4.57 Å². The van der Waals surface area contributed by atoms with Crippen LogP contribution in [-0.4, -0.2) is 37.3 Å². The van der Waals surface area contributed by atoms with Crippen LogP contribution >= 0.6 is 11.3 Å². The van der Waals surface area contributed by atoms with Crippen LogP contribution in [0, 0.1) is 5.92 Å². The number of aromatic nitrogens is 1. The van der Waals surface area contributed by atoms with Crippen molar-refractivity contribution in [2.45, 2.75) is 39.7 Å². The number of thiazole rings is 1. The Hall–Kier alpha value is -3.59. The predicted octanol–water partition coefficient (Wildman–Crippen LogP) is 3.64. The summed E-state index contributed by atoms with van der Waals surface area (Å²) in [5.41, 5.74) is 1.28. The van der Waals surface area contributed by atoms with Gasteiger partial charge < -0.3 is 18.8 Å². The van der Waals surface area contributed by atoms with Crippen LogP contribution in [0.15, 0.2) is 61.9 Å². The molecule has 1 aromatic carbocycles. The van der Waals surface area contributed by atoms with Crippen LogP contribution in [0.4, 0.5) is 5.88 Å². The number of carbonyl (C=O) groups is 1. The zero-order chi connectivity index (χ0) is 26.1. The number of piperidine rings is 1. The van der Waals surface area contributed by atoms with Crippen LogP contribution in [0.5, 0.6) is 5.75 Å². The Labute approximate surface area is 219 Å². The summed E-state index contributed by atoms with van der Waals surface area (Å²) in [7, 11) is 1.57. The van der Waals surface area contributed by atoms with E-state index in [1.165, 1.54) is 11.3 Å². The SMILES string of the molecule is CCOC(=O)C1=C(C)N=c2s/c(=C/c3ccc(N4CCC(C)CC4)o3)c(=O)n2[C@H]1c1ccccc1OC. The Morgan fingerprint density at radius 2 is 1.97 bits per heavy atom. The molecule has 2 aromatic heterocycles. The van der Waals surface area contributed by atoms with Crippen LogP contribution in [-0.2, 0) is 9.53 Å². The van der Waals surface area contributed by atoms with E-state index in [-0.39, 0.29) is 12.2 Å². The summed E-state index contributed by atoms with van der Waals surface area (Å²) < 4.78 is 19.1. The van der Waals surface area contributed by atoms with Gasteiger partial charge in [-0.2, -0.15) is 0 Å². The van der Waals surface area contributed by atoms with Crippen LogP contribution in [0.2, 0.25) is 0 Å². The molecule has 37 heavy (non-hydrogen) atoms. The molecule has 1 fully saturated rings. The van der Waals surface area contributed by atoms with Gasteiger partial charge in [0.25, 0.3) is 5.56 Å². The number of carbonyl (C=O) groups excluding carboxylic acids is 1. The maximum atomic E-state index is 13.8. The lowest BCUT2D eigenvalue weighted by Gasteiger charge is -2.29. The number of para-hydroxylation sites is 1. The van der Waals surface area contributed by atoms with Gasteiger partial charge in [0, 0.05) is 30.8 Å². The number of methoxy groups -OCH3 is 1. The fourth-order valence-electron chi connectivity index (χ4n) is 4.93. The number of esters is 1. The zero-order valence-electron chi connectivity index (χ0n) is 21.5. The largest absolute Gasteiger partial charge is 0.496 e. The normalized spacial score (nSPS) is 18.5. The molecule has 5 rings (SSSR count). The molecule has 8 nitrogen and oxygen atoms in total. The molecule has 0 amide bonds. The average Bonchev–Trinajstić information content (AvgIpc) is 3.48. The Balaban J connectivity index is 1.61. The van der Waals surface area contributed by atoms with Crippen molar-refractivity contribution < 1.29 is 18.7 Å². The van der Waals surface area contributed by atoms with E-state index in [0.29, 0.717) is 37.7 Å². The molecule has 0 N–H and O–H groups in total. The monoisotopic (exact) mass is 521 g/mol. The van der Waals surface area contributed by atoms with Crippen molar-refractivity contribution in [3.63, 3.8) is 0 Å². The molecule has 0 radical (unpaired) electrons. The maximum Gasteiger partial charge on any atom is 0.338 e. The van der Waals surface area contributed by atoms with Gasteiger partial charge in [-0.15, -0.1) is 0 Å². The van der Waals surface area contributed by atoms with Crippen molar-refractivity contribution >= 4 is 29.3 Å². The fraction of sp³-hybridized carbons (Fsp3) is 0.393. The number of nitrogens with zero attached hydrogens (tertiary/aromatic N) is 3. The summed E-state index contributed by atoms with van der Waals surface area (Å²) in [6.07, 6.45) is 4.03. The number of rotatable bonds is 6. The second-order valence-corrected chi connectivity index (χ2v) is 10.4. The molecule has 1 atom stereocenters. The fourth-order valence-corrected chi connectivity index (χ4v) is 5.95. The van der Waals surface area contributed by atoms with E-state index in [9.17, 15) is 9.59 Å². The second kappa shape index (κ2) is 10.4. The summed E-state index contributed by atoms with van der Waals surface area (Å²) in [4.78, 5) is 34.2. The van der Waals surface area contributed by atoms with Crippen molar-refractivity contribution in [3.05, 3.63) is 78.7 Å². The molecule has 3 aromatic rings. The van der Waals surface area contributed by atoms with Crippen molar-refractivity contribution in [2.24, 2.45) is 10.9 Å². The first-order chi connectivity index (χ1) is 17.9. The summed E-state index contributed by atoms with van der Waals surface area (Å²) in [5, 5.41) is 0. The third kappa shape index (κ3) is 4.75. The zero-order valence-corrected chi connectivity index (χ0v) is 22.3. The first kappa shape index (κ1) is 25.1. The van der Waals surface area contributed by atoms with Crippen LogP contribution in [0.1, 0.15) is 51.0 Å². The van der Waals surface area contributed by atoms with Gasteiger partial charge in [0.2, 0.25) is 0 Å². The minimum atomic E-state index is -0.726. The first-order valence-corrected chi connectivity index (χ1v) is 13.4. The minimum Gasteiger partial charge on any atom is -0.496 e. The first-order valence-electron chi connectivity index (χ1n) is 12.6. The van der Waals surface area contributed by atoms with Gasteiger partial charge in [0.15, 0.2) is 10.7 Å². The molecule has 9 heteroatoms. The van der Waals surface area contributed by atoms with E-state index < -0.39 is 12.0 Å². The van der Waals surface area contributed by atoms with E-state index in [4.69, 9.17) is 13.9 Å². The van der Waals surface area contributed by atoms with Crippen molar-refractivity contribution in [3.8, 4) is 5.75 Å². The van der Waals surface area contributed by atoms with Gasteiger partial charge in [0.1, 0.15) is 17.6 Å². The quantitative estimate of drug-likeness (QED) is 0.461. The van der Waals surface area contributed by atoms with E-state index in [2.05, 4.69) is 16.8 Å². The Morgan fingerprint density at radius 3 is 2.70 bits per heavy atom. The standard InChI is InChI=1S/C28H31N3O5S/c1-5-35-27(33)24-18(3)29-28-31(25(24)20-8-6-7-9-21(20)34-4)26(32)22(37-28)16-19-10-11-23(36-19)30-14-12-17(2)13-15-30/h6-11,16-17,25H,5,12-15H2,1-4H3/b22-16+/t25-/m0/s1. The topological polar surface area (TPSA) is 86.3 Å². The molecular weight excluding hydrogens is 490 g/mol.